The fourth-order valence-electron chi connectivity index (χ4n) is 2.59. The van der Waals surface area contributed by atoms with Crippen LogP contribution in [0.5, 0.6) is 0 Å². The zero-order valence-corrected chi connectivity index (χ0v) is 23.1. The van der Waals surface area contributed by atoms with Gasteiger partial charge in [0.2, 0.25) is 11.8 Å². The summed E-state index contributed by atoms with van der Waals surface area (Å²) in [5.41, 5.74) is 10.7. The van der Waals surface area contributed by atoms with E-state index in [4.69, 9.17) is 31.9 Å². The molecule has 0 radical (unpaired) electrons. The third kappa shape index (κ3) is 13.4. The van der Waals surface area contributed by atoms with Gasteiger partial charge in [-0.25, -0.2) is 19.4 Å². The largest absolute Gasteiger partial charge is 0.480 e. The number of carboxylic acids is 2. The van der Waals surface area contributed by atoms with Gasteiger partial charge in [-0.05, 0) is 12.8 Å². The molecular formula is C20H32N6O12S2. The number of carbonyl (C=O) groups is 8. The van der Waals surface area contributed by atoms with Gasteiger partial charge >= 0.3 is 24.1 Å². The first kappa shape index (κ1) is 36.4. The minimum Gasteiger partial charge on any atom is -0.480 e. The van der Waals surface area contributed by atoms with Crippen LogP contribution in [0.3, 0.4) is 0 Å². The van der Waals surface area contributed by atoms with E-state index in [2.05, 4.69) is 10.6 Å². The summed E-state index contributed by atoms with van der Waals surface area (Å²) < 4.78 is 0. The molecule has 40 heavy (non-hydrogen) atoms. The number of nitrogens with zero attached hydrogens (tertiary/aromatic N) is 2. The van der Waals surface area contributed by atoms with Crippen LogP contribution >= 0.6 is 21.6 Å². The Kier molecular flexibility index (Phi) is 16.2. The number of nitrogens with two attached hydrogens (primary N) is 2. The molecule has 0 rings (SSSR count). The number of hydrogen-bond acceptors (Lipinski definition) is 12. The van der Waals surface area contributed by atoms with Crippen LogP contribution < -0.4 is 22.1 Å². The maximum absolute atomic E-state index is 12.5. The molecule has 0 spiro atoms. The number of carbonyl (C=O) groups excluding carboxylic acids is 4. The molecule has 0 heterocycles. The van der Waals surface area contributed by atoms with Crippen molar-refractivity contribution in [3.8, 4) is 0 Å². The summed E-state index contributed by atoms with van der Waals surface area (Å²) in [6, 6.07) is -5.45. The van der Waals surface area contributed by atoms with Gasteiger partial charge < -0.3 is 42.5 Å². The number of nitrogens with one attached hydrogen (secondary N) is 2. The average molecular weight is 613 g/mol. The number of likely N-dealkylation sites (N-methyl/N-ethyl adjacent to an activating group) is 2. The molecule has 0 aliphatic heterocycles. The lowest BCUT2D eigenvalue weighted by Crippen LogP contribution is -2.51. The second kappa shape index (κ2) is 17.9. The predicted octanol–water partition coefficient (Wildman–Crippen LogP) is -2.01. The Morgan fingerprint density at radius 3 is 1.20 bits per heavy atom. The van der Waals surface area contributed by atoms with Crippen LogP contribution in [0, 0.1) is 0 Å². The predicted molar refractivity (Wildman–Crippen MR) is 140 cm³/mol. The van der Waals surface area contributed by atoms with Gasteiger partial charge in [0.15, 0.2) is 0 Å². The highest BCUT2D eigenvalue weighted by molar-refractivity contribution is 8.76. The number of hydrogen-bond donors (Lipinski definition) is 8. The van der Waals surface area contributed by atoms with E-state index in [1.165, 1.54) is 0 Å². The lowest BCUT2D eigenvalue weighted by atomic mass is 10.1. The Bertz CT molecular complexity index is 908. The number of imide groups is 2. The fourth-order valence-corrected chi connectivity index (χ4v) is 4.90. The standard InChI is InChI=1S/C20H32N6O12S2/c1-25(19(35)36)15(29)11(23-13(27)5-3-9(21)17(31)32)7-39-40-8-12(16(30)26(2)20(37)38)24-14(28)6-4-10(22)18(33)34/h9-12H,3-8,21-22H2,1-2H3,(H,23,27)(H,24,28)(H,31,32)(H,33,34)(H,35,36)(H,37,38)/t9-,10-,11-,12-/m0/s1. The zero-order chi connectivity index (χ0) is 31.2. The second-order valence-corrected chi connectivity index (χ2v) is 10.7. The second-order valence-electron chi connectivity index (χ2n) is 8.14. The van der Waals surface area contributed by atoms with Crippen LogP contribution in [0.1, 0.15) is 25.7 Å². The van der Waals surface area contributed by atoms with E-state index >= 15 is 0 Å². The van der Waals surface area contributed by atoms with Crippen molar-refractivity contribution in [2.75, 3.05) is 25.6 Å². The van der Waals surface area contributed by atoms with Crippen molar-refractivity contribution in [1.29, 1.82) is 0 Å². The molecule has 20 heteroatoms. The maximum Gasteiger partial charge on any atom is 0.413 e. The van der Waals surface area contributed by atoms with Crippen molar-refractivity contribution < 1.29 is 58.8 Å². The van der Waals surface area contributed by atoms with Crippen LogP contribution in [-0.4, -0.2) is 128 Å². The van der Waals surface area contributed by atoms with Crippen LogP contribution in [0.25, 0.3) is 0 Å². The number of aliphatic carboxylic acids is 2. The molecule has 0 aliphatic rings. The van der Waals surface area contributed by atoms with E-state index in [1.54, 1.807) is 0 Å². The van der Waals surface area contributed by atoms with Gasteiger partial charge in [-0.3, -0.25) is 28.8 Å². The average Bonchev–Trinajstić information content (AvgIpc) is 2.88. The quantitative estimate of drug-likeness (QED) is 0.0650. The molecule has 226 valence electrons. The van der Waals surface area contributed by atoms with E-state index in [0.29, 0.717) is 9.80 Å². The number of rotatable bonds is 17. The molecule has 0 bridgehead atoms. The van der Waals surface area contributed by atoms with Crippen molar-refractivity contribution >= 4 is 69.3 Å². The Labute approximate surface area is 235 Å². The van der Waals surface area contributed by atoms with Gasteiger partial charge in [-0.2, -0.15) is 0 Å². The first-order chi connectivity index (χ1) is 18.5. The van der Waals surface area contributed by atoms with Crippen LogP contribution in [0.15, 0.2) is 0 Å². The summed E-state index contributed by atoms with van der Waals surface area (Å²) >= 11 is 0. The van der Waals surface area contributed by atoms with Crippen molar-refractivity contribution in [3.63, 3.8) is 0 Å². The molecule has 0 aliphatic carbocycles. The summed E-state index contributed by atoms with van der Waals surface area (Å²) in [5, 5.41) is 40.4. The molecule has 0 fully saturated rings. The summed E-state index contributed by atoms with van der Waals surface area (Å²) in [6.45, 7) is 0. The first-order valence-corrected chi connectivity index (χ1v) is 13.8. The van der Waals surface area contributed by atoms with Gasteiger partial charge in [0, 0.05) is 38.4 Å². The highest BCUT2D eigenvalue weighted by Crippen LogP contribution is 2.24. The smallest absolute Gasteiger partial charge is 0.413 e. The summed E-state index contributed by atoms with van der Waals surface area (Å²) in [4.78, 5) is 94.2. The highest BCUT2D eigenvalue weighted by atomic mass is 33.1. The third-order valence-corrected chi connectivity index (χ3v) is 7.48. The monoisotopic (exact) mass is 612 g/mol. The third-order valence-electron chi connectivity index (χ3n) is 5.05. The molecule has 10 N–H and O–H groups in total. The molecule has 0 aromatic heterocycles. The molecule has 0 unspecified atom stereocenters. The number of carboxylic acid groups (broad SMARTS) is 4. The fraction of sp³-hybridized carbons (Fsp3) is 0.600. The molecule has 4 atom stereocenters. The first-order valence-electron chi connectivity index (χ1n) is 11.3. The van der Waals surface area contributed by atoms with E-state index in [9.17, 15) is 38.4 Å². The van der Waals surface area contributed by atoms with Gasteiger partial charge in [0.05, 0.1) is 0 Å². The SMILES string of the molecule is CN(C(=O)O)C(=O)[C@H](CSSC[C@H](NC(=O)CC[C@H](N)C(=O)O)C(=O)N(C)C(=O)O)NC(=O)CC[C@H](N)C(=O)O. The van der Waals surface area contributed by atoms with Crippen LogP contribution in [-0.2, 0) is 28.8 Å². The Morgan fingerprint density at radius 1 is 0.650 bits per heavy atom. The Hall–Kier alpha value is -3.62. The number of amides is 6. The van der Waals surface area contributed by atoms with Crippen molar-refractivity contribution in [2.24, 2.45) is 11.5 Å². The van der Waals surface area contributed by atoms with Gasteiger partial charge in [-0.1, -0.05) is 21.6 Å². The van der Waals surface area contributed by atoms with Crippen molar-refractivity contribution in [2.45, 2.75) is 49.9 Å². The lowest BCUT2D eigenvalue weighted by Gasteiger charge is -2.23. The molecule has 0 aromatic rings. The van der Waals surface area contributed by atoms with Crippen molar-refractivity contribution in [1.82, 2.24) is 20.4 Å². The van der Waals surface area contributed by atoms with E-state index < -0.39 is 71.9 Å². The van der Waals surface area contributed by atoms with Gasteiger partial charge in [0.25, 0.3) is 11.8 Å². The Morgan fingerprint density at radius 2 is 0.950 bits per heavy atom. The van der Waals surface area contributed by atoms with Gasteiger partial charge in [-0.15, -0.1) is 0 Å². The minimum absolute atomic E-state index is 0.241. The van der Waals surface area contributed by atoms with Crippen molar-refractivity contribution in [3.05, 3.63) is 0 Å². The highest BCUT2D eigenvalue weighted by Gasteiger charge is 2.30. The topological polar surface area (TPSA) is 300 Å². The van der Waals surface area contributed by atoms with E-state index in [1.807, 2.05) is 0 Å². The minimum atomic E-state index is -1.61. The molecule has 0 saturated carbocycles. The maximum atomic E-state index is 12.5. The Balaban J connectivity index is 5.36. The lowest BCUT2D eigenvalue weighted by molar-refractivity contribution is -0.140. The van der Waals surface area contributed by atoms with E-state index in [-0.39, 0.29) is 37.2 Å². The summed E-state index contributed by atoms with van der Waals surface area (Å²) in [6.07, 6.45) is -4.47. The molecule has 0 aromatic carbocycles. The van der Waals surface area contributed by atoms with E-state index in [0.717, 1.165) is 35.7 Å². The molecule has 0 saturated heterocycles. The zero-order valence-electron chi connectivity index (χ0n) is 21.5. The summed E-state index contributed by atoms with van der Waals surface area (Å²) in [7, 11) is 3.66. The summed E-state index contributed by atoms with van der Waals surface area (Å²) in [5.74, 6) is -6.75. The molecule has 18 nitrogen and oxygen atoms in total. The normalized spacial score (nSPS) is 13.6. The molecule has 6 amide bonds. The van der Waals surface area contributed by atoms with Crippen LogP contribution in [0.4, 0.5) is 9.59 Å². The van der Waals surface area contributed by atoms with Crippen LogP contribution in [0.2, 0.25) is 0 Å². The van der Waals surface area contributed by atoms with Gasteiger partial charge in [0.1, 0.15) is 24.2 Å². The molecular weight excluding hydrogens is 580 g/mol.